The Morgan fingerprint density at radius 3 is 1.39 bits per heavy atom. The van der Waals surface area contributed by atoms with Gasteiger partial charge in [0.05, 0.1) is 16.1 Å². The van der Waals surface area contributed by atoms with Crippen LogP contribution in [0.15, 0.2) is 97.1 Å². The number of halogens is 2. The summed E-state index contributed by atoms with van der Waals surface area (Å²) in [6.45, 7) is 27.7. The fourth-order valence-corrected chi connectivity index (χ4v) is 14.8. The summed E-state index contributed by atoms with van der Waals surface area (Å²) in [7, 11) is -2.23. The molecule has 306 valence electrons. The number of hydrogen-bond donors (Lipinski definition) is 0. The molecule has 0 atom stereocenters. The molecule has 5 heteroatoms. The van der Waals surface area contributed by atoms with Gasteiger partial charge in [0.2, 0.25) is 0 Å². The SMILES string of the molecule is CC(C)(C)c1[c-]c2c(cc1)-c1ccc(C(C)(C)C)cc1C2.CC[Si](CC)(CC)c1cc[c-]cc1.CC[Si](CC)(CC)c1cc[c-]cc1.Cl.Cl.[C-]1=CC=CC1.[CH2]=[Zr]. The van der Waals surface area contributed by atoms with Crippen molar-refractivity contribution < 1.29 is 24.2 Å². The Morgan fingerprint density at radius 2 is 1.05 bits per heavy atom. The van der Waals surface area contributed by atoms with Gasteiger partial charge in [-0.15, -0.1) is 42.4 Å². The molecule has 0 saturated carbocycles. The topological polar surface area (TPSA) is 0 Å². The number of fused-ring (bicyclic) bond motifs is 3. The zero-order valence-electron chi connectivity index (χ0n) is 36.9. The van der Waals surface area contributed by atoms with Crippen LogP contribution in [0.5, 0.6) is 0 Å². The molecular formula is C51H72Cl2Si2Zr-4. The van der Waals surface area contributed by atoms with Gasteiger partial charge in [0.25, 0.3) is 0 Å². The summed E-state index contributed by atoms with van der Waals surface area (Å²) >= 11 is 1.30. The average Bonchev–Trinajstić information content (AvgIpc) is 3.90. The van der Waals surface area contributed by atoms with Crippen LogP contribution < -0.4 is 10.4 Å². The van der Waals surface area contributed by atoms with E-state index in [4.69, 9.17) is 0 Å². The number of hydrogen-bond acceptors (Lipinski definition) is 0. The molecule has 0 heterocycles. The standard InChI is InChI=1S/C21H25.2C12H19Si.C5H5.CH2.2ClH.Zr/c1-20(2,3)16-7-9-18-14(12-16)11-15-13-17(21(4,5)6)8-10-19(15)18;2*1-4-13(5-2,6-3)12-10-8-7-9-11-12;1-2-4-5-3-1;;;;/h7-10,12H,11H2,1-6H3;2*8-11H,4-6H2,1-3H3;1-3H,4H2;1H2;2*1H;/q4*-1;;;;. The van der Waals surface area contributed by atoms with Crippen molar-refractivity contribution in [2.24, 2.45) is 0 Å². The summed E-state index contributed by atoms with van der Waals surface area (Å²) in [5, 5.41) is 3.22. The molecule has 6 rings (SSSR count). The molecule has 0 aromatic heterocycles. The first kappa shape index (κ1) is 54.1. The van der Waals surface area contributed by atoms with Gasteiger partial charge >= 0.3 is 28.4 Å². The zero-order valence-corrected chi connectivity index (χ0v) is 43.0. The summed E-state index contributed by atoms with van der Waals surface area (Å²) in [5.74, 6) is 0. The molecule has 0 aliphatic heterocycles. The van der Waals surface area contributed by atoms with Gasteiger partial charge in [-0.2, -0.15) is 101 Å². The minimum atomic E-state index is -1.11. The summed E-state index contributed by atoms with van der Waals surface area (Å²) in [6.07, 6.45) is 11.0. The number of benzene rings is 4. The molecule has 4 aromatic carbocycles. The molecule has 0 nitrogen and oxygen atoms in total. The van der Waals surface area contributed by atoms with Gasteiger partial charge in [-0.05, 0) is 28.4 Å². The van der Waals surface area contributed by atoms with Crippen LogP contribution in [0.2, 0.25) is 36.3 Å². The molecule has 2 aliphatic rings. The Hall–Kier alpha value is -1.87. The van der Waals surface area contributed by atoms with Crippen molar-refractivity contribution in [3.63, 3.8) is 0 Å². The van der Waals surface area contributed by atoms with E-state index in [9.17, 15) is 0 Å². The van der Waals surface area contributed by atoms with Crippen LogP contribution in [0.3, 0.4) is 0 Å². The van der Waals surface area contributed by atoms with Gasteiger partial charge in [0.1, 0.15) is 0 Å². The van der Waals surface area contributed by atoms with Gasteiger partial charge < -0.3 is 0 Å². The molecule has 0 unspecified atom stereocenters. The molecule has 0 N–H and O–H groups in total. The molecule has 2 aliphatic carbocycles. The van der Waals surface area contributed by atoms with Crippen LogP contribution in [-0.2, 0) is 41.5 Å². The van der Waals surface area contributed by atoms with E-state index in [1.54, 1.807) is 10.4 Å². The van der Waals surface area contributed by atoms with E-state index in [1.165, 1.54) is 93.9 Å². The summed E-state index contributed by atoms with van der Waals surface area (Å²) in [6, 6.07) is 46.8. The van der Waals surface area contributed by atoms with E-state index in [-0.39, 0.29) is 35.6 Å². The van der Waals surface area contributed by atoms with Crippen molar-refractivity contribution >= 4 is 55.5 Å². The quantitative estimate of drug-likeness (QED) is 0.108. The third-order valence-corrected chi connectivity index (χ3v) is 23.0. The zero-order chi connectivity index (χ0) is 40.4. The third-order valence-electron chi connectivity index (χ3n) is 11.8. The monoisotopic (exact) mass is 900 g/mol. The third kappa shape index (κ3) is 15.1. The maximum absolute atomic E-state index is 3.67. The minimum absolute atomic E-state index is 0. The van der Waals surface area contributed by atoms with Gasteiger partial charge in [-0.3, -0.25) is 6.08 Å². The first-order valence-electron chi connectivity index (χ1n) is 20.4. The van der Waals surface area contributed by atoms with Crippen LogP contribution in [0.1, 0.15) is 112 Å². The molecule has 0 bridgehead atoms. The second-order valence-electron chi connectivity index (χ2n) is 16.6. The van der Waals surface area contributed by atoms with Gasteiger partial charge in [0, 0.05) is 0 Å². The first-order chi connectivity index (χ1) is 25.7. The molecule has 0 radical (unpaired) electrons. The fourth-order valence-electron chi connectivity index (χ4n) is 7.57. The van der Waals surface area contributed by atoms with Gasteiger partial charge in [0.15, 0.2) is 0 Å². The Labute approximate surface area is 374 Å². The summed E-state index contributed by atoms with van der Waals surface area (Å²) < 4.78 is 3.34. The Balaban J connectivity index is 0.000000758. The summed E-state index contributed by atoms with van der Waals surface area (Å²) in [4.78, 5) is 0. The Bertz CT molecular complexity index is 1580. The van der Waals surface area contributed by atoms with E-state index in [0.717, 1.165) is 12.8 Å². The predicted molar refractivity (Wildman–Crippen MR) is 258 cm³/mol. The molecule has 4 aromatic rings. The second kappa shape index (κ2) is 26.3. The summed E-state index contributed by atoms with van der Waals surface area (Å²) in [5.41, 5.74) is 8.70. The molecule has 0 spiro atoms. The molecular weight excluding hydrogens is 831 g/mol. The first-order valence-corrected chi connectivity index (χ1v) is 27.4. The maximum atomic E-state index is 3.67. The van der Waals surface area contributed by atoms with Crippen molar-refractivity contribution in [3.05, 3.63) is 144 Å². The Morgan fingerprint density at radius 1 is 0.607 bits per heavy atom. The van der Waals surface area contributed by atoms with Crippen molar-refractivity contribution in [2.75, 3.05) is 0 Å². The molecule has 0 saturated heterocycles. The van der Waals surface area contributed by atoms with E-state index < -0.39 is 16.1 Å². The van der Waals surface area contributed by atoms with Crippen molar-refractivity contribution in [3.8, 4) is 11.1 Å². The number of allylic oxidation sites excluding steroid dienone is 4. The second-order valence-corrected chi connectivity index (χ2v) is 27.1. The van der Waals surface area contributed by atoms with Gasteiger partial charge in [-0.25, -0.2) is 12.2 Å². The van der Waals surface area contributed by atoms with E-state index in [0.29, 0.717) is 0 Å². The van der Waals surface area contributed by atoms with E-state index in [2.05, 4.69) is 197 Å². The van der Waals surface area contributed by atoms with Crippen molar-refractivity contribution in [2.45, 2.75) is 143 Å². The van der Waals surface area contributed by atoms with Crippen LogP contribution >= 0.6 is 24.8 Å². The predicted octanol–water partition coefficient (Wildman–Crippen LogP) is 14.2. The fraction of sp³-hybridized carbons (Fsp3) is 0.431. The molecule has 56 heavy (non-hydrogen) atoms. The normalized spacial score (nSPS) is 12.3. The van der Waals surface area contributed by atoms with E-state index >= 15 is 0 Å². The average molecular weight is 903 g/mol. The van der Waals surface area contributed by atoms with Crippen molar-refractivity contribution in [1.82, 2.24) is 0 Å². The van der Waals surface area contributed by atoms with Crippen LogP contribution in [0, 0.1) is 24.3 Å². The molecule has 0 amide bonds. The Kier molecular flexibility index (Phi) is 25.4. The van der Waals surface area contributed by atoms with Gasteiger partial charge in [-0.1, -0.05) is 143 Å². The van der Waals surface area contributed by atoms with Crippen LogP contribution in [0.4, 0.5) is 0 Å². The number of rotatable bonds is 8. The van der Waals surface area contributed by atoms with Crippen LogP contribution in [-0.4, -0.2) is 20.4 Å². The van der Waals surface area contributed by atoms with E-state index in [1.807, 2.05) is 12.2 Å². The van der Waals surface area contributed by atoms with Crippen molar-refractivity contribution in [1.29, 1.82) is 0 Å². The molecule has 0 fully saturated rings. The van der Waals surface area contributed by atoms with Crippen LogP contribution in [0.25, 0.3) is 11.1 Å².